The van der Waals surface area contributed by atoms with Crippen LogP contribution < -0.4 is 10.2 Å². The van der Waals surface area contributed by atoms with E-state index < -0.39 is 35.8 Å². The smallest absolute Gasteiger partial charge is 0.338 e. The Bertz CT molecular complexity index is 726. The first-order chi connectivity index (χ1) is 11.4. The van der Waals surface area contributed by atoms with Crippen LogP contribution in [-0.2, 0) is 9.53 Å². The maximum absolute atomic E-state index is 13.4. The Morgan fingerprint density at radius 2 is 1.62 bits per heavy atom. The normalized spacial score (nSPS) is 10.2. The van der Waals surface area contributed by atoms with Crippen LogP contribution in [0.5, 0.6) is 0 Å². The summed E-state index contributed by atoms with van der Waals surface area (Å²) in [6.45, 7) is -0.651. The Labute approximate surface area is 137 Å². The van der Waals surface area contributed by atoms with Gasteiger partial charge in [-0.3, -0.25) is 4.79 Å². The fourth-order valence-electron chi connectivity index (χ4n) is 1.90. The minimum Gasteiger partial charge on any atom is -0.452 e. The van der Waals surface area contributed by atoms with Crippen LogP contribution in [0.15, 0.2) is 42.5 Å². The van der Waals surface area contributed by atoms with Crippen LogP contribution >= 0.6 is 0 Å². The number of halogens is 2. The van der Waals surface area contributed by atoms with E-state index in [1.54, 1.807) is 24.3 Å². The lowest BCUT2D eigenvalue weighted by molar-refractivity contribution is -0.119. The number of hydrogen-bond donors (Lipinski definition) is 1. The van der Waals surface area contributed by atoms with Gasteiger partial charge in [0.25, 0.3) is 5.91 Å². The Morgan fingerprint density at radius 1 is 1.04 bits per heavy atom. The average molecular weight is 334 g/mol. The van der Waals surface area contributed by atoms with E-state index in [9.17, 15) is 18.4 Å². The van der Waals surface area contributed by atoms with Gasteiger partial charge in [-0.2, -0.15) is 0 Å². The van der Waals surface area contributed by atoms with Gasteiger partial charge in [0.05, 0.1) is 5.56 Å². The molecule has 24 heavy (non-hydrogen) atoms. The number of para-hydroxylation sites is 1. The van der Waals surface area contributed by atoms with Crippen molar-refractivity contribution in [3.8, 4) is 0 Å². The molecule has 2 aromatic carbocycles. The molecule has 1 N–H and O–H groups in total. The molecule has 0 aliphatic heterocycles. The van der Waals surface area contributed by atoms with Gasteiger partial charge >= 0.3 is 5.97 Å². The maximum Gasteiger partial charge on any atom is 0.338 e. The van der Waals surface area contributed by atoms with E-state index in [1.807, 2.05) is 24.3 Å². The predicted octanol–water partition coefficient (Wildman–Crippen LogP) is 2.83. The third-order valence-electron chi connectivity index (χ3n) is 3.18. The molecule has 2 aromatic rings. The SMILES string of the molecule is CN(C)c1ccc(C(=O)OCC(=O)Nc2c(F)cccc2F)cc1. The molecule has 7 heteroatoms. The first-order valence-electron chi connectivity index (χ1n) is 7.07. The molecular formula is C17H16F2N2O3. The lowest BCUT2D eigenvalue weighted by Gasteiger charge is -2.12. The molecule has 2 rings (SSSR count). The molecule has 0 aromatic heterocycles. The van der Waals surface area contributed by atoms with Crippen LogP contribution in [0.25, 0.3) is 0 Å². The average Bonchev–Trinajstić information content (AvgIpc) is 2.56. The number of esters is 1. The van der Waals surface area contributed by atoms with Crippen molar-refractivity contribution in [2.24, 2.45) is 0 Å². The number of amides is 1. The van der Waals surface area contributed by atoms with E-state index in [1.165, 1.54) is 6.07 Å². The van der Waals surface area contributed by atoms with E-state index in [0.29, 0.717) is 0 Å². The molecule has 0 radical (unpaired) electrons. The molecule has 0 spiro atoms. The molecule has 0 heterocycles. The molecule has 0 fully saturated rings. The van der Waals surface area contributed by atoms with Gasteiger partial charge in [-0.05, 0) is 36.4 Å². The van der Waals surface area contributed by atoms with Gasteiger partial charge < -0.3 is 15.0 Å². The third kappa shape index (κ3) is 4.28. The van der Waals surface area contributed by atoms with Gasteiger partial charge in [0.1, 0.15) is 17.3 Å². The summed E-state index contributed by atoms with van der Waals surface area (Å²) in [6.07, 6.45) is 0. The summed E-state index contributed by atoms with van der Waals surface area (Å²) in [5.74, 6) is -3.36. The highest BCUT2D eigenvalue weighted by atomic mass is 19.1. The summed E-state index contributed by atoms with van der Waals surface area (Å²) < 4.78 is 31.7. The lowest BCUT2D eigenvalue weighted by Crippen LogP contribution is -2.22. The molecule has 0 saturated carbocycles. The highest BCUT2D eigenvalue weighted by Crippen LogP contribution is 2.18. The van der Waals surface area contributed by atoms with Crippen molar-refractivity contribution in [1.82, 2.24) is 0 Å². The van der Waals surface area contributed by atoms with Crippen LogP contribution in [0.3, 0.4) is 0 Å². The molecule has 126 valence electrons. The molecule has 0 saturated heterocycles. The summed E-state index contributed by atoms with van der Waals surface area (Å²) in [6, 6.07) is 9.78. The first kappa shape index (κ1) is 17.4. The van der Waals surface area contributed by atoms with Gasteiger partial charge in [0, 0.05) is 19.8 Å². The minimum absolute atomic E-state index is 0.269. The fraction of sp³-hybridized carbons (Fsp3) is 0.176. The Hall–Kier alpha value is -2.96. The van der Waals surface area contributed by atoms with Crippen LogP contribution in [0.1, 0.15) is 10.4 Å². The van der Waals surface area contributed by atoms with Crippen molar-refractivity contribution in [1.29, 1.82) is 0 Å². The van der Waals surface area contributed by atoms with Crippen LogP contribution in [-0.4, -0.2) is 32.6 Å². The van der Waals surface area contributed by atoms with E-state index in [-0.39, 0.29) is 5.56 Å². The van der Waals surface area contributed by atoms with Crippen molar-refractivity contribution in [2.45, 2.75) is 0 Å². The summed E-state index contributed by atoms with van der Waals surface area (Å²) in [7, 11) is 3.72. The highest BCUT2D eigenvalue weighted by molar-refractivity contribution is 5.95. The fourth-order valence-corrected chi connectivity index (χ4v) is 1.90. The lowest BCUT2D eigenvalue weighted by atomic mass is 10.2. The number of benzene rings is 2. The van der Waals surface area contributed by atoms with Crippen molar-refractivity contribution >= 4 is 23.3 Å². The number of anilines is 2. The molecule has 0 bridgehead atoms. The molecular weight excluding hydrogens is 318 g/mol. The highest BCUT2D eigenvalue weighted by Gasteiger charge is 2.14. The van der Waals surface area contributed by atoms with Gasteiger partial charge in [0.2, 0.25) is 0 Å². The van der Waals surface area contributed by atoms with Crippen molar-refractivity contribution in [2.75, 3.05) is 30.9 Å². The summed E-state index contributed by atoms with van der Waals surface area (Å²) >= 11 is 0. The minimum atomic E-state index is -0.908. The number of nitrogens with zero attached hydrogens (tertiary/aromatic N) is 1. The molecule has 1 amide bonds. The summed E-state index contributed by atoms with van der Waals surface area (Å²) in [5, 5.41) is 2.04. The molecule has 5 nitrogen and oxygen atoms in total. The number of ether oxygens (including phenoxy) is 1. The number of carbonyl (C=O) groups is 2. The van der Waals surface area contributed by atoms with Crippen molar-refractivity contribution < 1.29 is 23.1 Å². The number of hydrogen-bond acceptors (Lipinski definition) is 4. The number of rotatable bonds is 5. The Kier molecular flexibility index (Phi) is 5.47. The van der Waals surface area contributed by atoms with E-state index in [4.69, 9.17) is 4.74 Å². The van der Waals surface area contributed by atoms with Gasteiger partial charge in [-0.25, -0.2) is 13.6 Å². The standard InChI is InChI=1S/C17H16F2N2O3/c1-21(2)12-8-6-11(7-9-12)17(23)24-10-15(22)20-16-13(18)4-3-5-14(16)19/h3-9H,10H2,1-2H3,(H,20,22). The zero-order valence-corrected chi connectivity index (χ0v) is 13.2. The molecule has 0 aliphatic rings. The van der Waals surface area contributed by atoms with Crippen molar-refractivity contribution in [3.05, 3.63) is 59.7 Å². The topological polar surface area (TPSA) is 58.6 Å². The first-order valence-corrected chi connectivity index (χ1v) is 7.07. The number of nitrogens with one attached hydrogen (secondary N) is 1. The summed E-state index contributed by atoms with van der Waals surface area (Å²) in [5.41, 5.74) is 0.596. The third-order valence-corrected chi connectivity index (χ3v) is 3.18. The van der Waals surface area contributed by atoms with Crippen LogP contribution in [0.4, 0.5) is 20.2 Å². The van der Waals surface area contributed by atoms with E-state index in [0.717, 1.165) is 17.8 Å². The van der Waals surface area contributed by atoms with Crippen molar-refractivity contribution in [3.63, 3.8) is 0 Å². The number of carbonyl (C=O) groups excluding carboxylic acids is 2. The van der Waals surface area contributed by atoms with Gasteiger partial charge in [0.15, 0.2) is 6.61 Å². The second kappa shape index (κ2) is 7.54. The monoisotopic (exact) mass is 334 g/mol. The zero-order valence-electron chi connectivity index (χ0n) is 13.2. The van der Waals surface area contributed by atoms with Crippen LogP contribution in [0, 0.1) is 11.6 Å². The van der Waals surface area contributed by atoms with Gasteiger partial charge in [-0.15, -0.1) is 0 Å². The Morgan fingerprint density at radius 3 is 2.17 bits per heavy atom. The Balaban J connectivity index is 1.92. The molecule has 0 unspecified atom stereocenters. The molecule has 0 atom stereocenters. The summed E-state index contributed by atoms with van der Waals surface area (Å²) in [4.78, 5) is 25.4. The molecule has 0 aliphatic carbocycles. The largest absolute Gasteiger partial charge is 0.452 e. The second-order valence-corrected chi connectivity index (χ2v) is 5.16. The quantitative estimate of drug-likeness (QED) is 0.854. The van der Waals surface area contributed by atoms with Crippen LogP contribution in [0.2, 0.25) is 0 Å². The zero-order chi connectivity index (χ0) is 17.7. The van der Waals surface area contributed by atoms with Gasteiger partial charge in [-0.1, -0.05) is 6.07 Å². The second-order valence-electron chi connectivity index (χ2n) is 5.16. The maximum atomic E-state index is 13.4. The predicted molar refractivity (Wildman–Crippen MR) is 86.0 cm³/mol. The van der Waals surface area contributed by atoms with E-state index in [2.05, 4.69) is 0 Å². The van der Waals surface area contributed by atoms with E-state index >= 15 is 0 Å².